The number of hydrogen-bond acceptors (Lipinski definition) is 4. The monoisotopic (exact) mass is 296 g/mol. The quantitative estimate of drug-likeness (QED) is 0.455. The first-order valence-corrected chi connectivity index (χ1v) is 7.42. The molecule has 0 aromatic carbocycles. The second-order valence-corrected chi connectivity index (χ2v) is 5.86. The third-order valence-electron chi connectivity index (χ3n) is 3.80. The molecule has 2 unspecified atom stereocenters. The molecule has 2 rings (SSSR count). The average Bonchev–Trinajstić information content (AvgIpc) is 2.64. The maximum absolute atomic E-state index is 12.3. The highest BCUT2D eigenvalue weighted by Gasteiger charge is 2.20. The SMILES string of the molecule is CC1CCCC(NC(=O)c2nc(NN)ccc2Cl)CC1. The van der Waals surface area contributed by atoms with E-state index in [1.165, 1.54) is 6.42 Å². The molecule has 1 aliphatic rings. The van der Waals surface area contributed by atoms with Crippen LogP contribution in [0.25, 0.3) is 0 Å². The number of carbonyl (C=O) groups is 1. The fraction of sp³-hybridized carbons (Fsp3) is 0.571. The van der Waals surface area contributed by atoms with Crippen LogP contribution in [-0.4, -0.2) is 16.9 Å². The van der Waals surface area contributed by atoms with Gasteiger partial charge in [-0.3, -0.25) is 4.79 Å². The highest BCUT2D eigenvalue weighted by atomic mass is 35.5. The summed E-state index contributed by atoms with van der Waals surface area (Å²) in [7, 11) is 0. The van der Waals surface area contributed by atoms with Crippen LogP contribution in [-0.2, 0) is 0 Å². The molecule has 2 atom stereocenters. The highest BCUT2D eigenvalue weighted by molar-refractivity contribution is 6.33. The Morgan fingerprint density at radius 2 is 2.15 bits per heavy atom. The van der Waals surface area contributed by atoms with Gasteiger partial charge in [0.1, 0.15) is 11.5 Å². The Hall–Kier alpha value is -1.33. The van der Waals surface area contributed by atoms with Gasteiger partial charge in [-0.2, -0.15) is 0 Å². The smallest absolute Gasteiger partial charge is 0.271 e. The standard InChI is InChI=1S/C14H21ClN4O/c1-9-3-2-4-10(6-5-9)17-14(20)13-11(15)7-8-12(18-13)19-16/h7-10H,2-6,16H2,1H3,(H,17,20)(H,18,19). The molecular formula is C14H21ClN4O. The molecule has 1 saturated carbocycles. The van der Waals surface area contributed by atoms with E-state index in [2.05, 4.69) is 22.7 Å². The van der Waals surface area contributed by atoms with Gasteiger partial charge in [-0.05, 0) is 37.3 Å². The van der Waals surface area contributed by atoms with Gasteiger partial charge < -0.3 is 10.7 Å². The van der Waals surface area contributed by atoms with Crippen LogP contribution in [0, 0.1) is 5.92 Å². The number of nitrogens with two attached hydrogens (primary N) is 1. The van der Waals surface area contributed by atoms with E-state index >= 15 is 0 Å². The van der Waals surface area contributed by atoms with Gasteiger partial charge in [-0.15, -0.1) is 0 Å². The molecule has 1 aromatic rings. The largest absolute Gasteiger partial charge is 0.348 e. The third-order valence-corrected chi connectivity index (χ3v) is 4.11. The summed E-state index contributed by atoms with van der Waals surface area (Å²) in [6.45, 7) is 2.26. The van der Waals surface area contributed by atoms with E-state index in [1.54, 1.807) is 12.1 Å². The van der Waals surface area contributed by atoms with Crippen LogP contribution in [0.5, 0.6) is 0 Å². The molecule has 6 heteroatoms. The van der Waals surface area contributed by atoms with Crippen LogP contribution >= 0.6 is 11.6 Å². The van der Waals surface area contributed by atoms with E-state index < -0.39 is 0 Å². The summed E-state index contributed by atoms with van der Waals surface area (Å²) in [5.41, 5.74) is 2.64. The fourth-order valence-electron chi connectivity index (χ4n) is 2.57. The minimum absolute atomic E-state index is 0.208. The lowest BCUT2D eigenvalue weighted by molar-refractivity contribution is 0.0928. The zero-order valence-corrected chi connectivity index (χ0v) is 12.4. The summed E-state index contributed by atoms with van der Waals surface area (Å²) >= 11 is 6.03. The summed E-state index contributed by atoms with van der Waals surface area (Å²) in [5, 5.41) is 3.37. The van der Waals surface area contributed by atoms with Gasteiger partial charge in [0.25, 0.3) is 5.91 Å². The van der Waals surface area contributed by atoms with Crippen molar-refractivity contribution >= 4 is 23.3 Å². The lowest BCUT2D eigenvalue weighted by Crippen LogP contribution is -2.35. The molecule has 0 aliphatic heterocycles. The van der Waals surface area contributed by atoms with Crippen LogP contribution in [0.3, 0.4) is 0 Å². The molecule has 0 saturated heterocycles. The van der Waals surface area contributed by atoms with Crippen molar-refractivity contribution in [3.05, 3.63) is 22.8 Å². The molecule has 0 spiro atoms. The molecule has 1 aliphatic carbocycles. The molecule has 0 radical (unpaired) electrons. The molecule has 1 heterocycles. The number of nitrogens with one attached hydrogen (secondary N) is 2. The minimum Gasteiger partial charge on any atom is -0.348 e. The van der Waals surface area contributed by atoms with E-state index in [0.717, 1.165) is 31.6 Å². The zero-order chi connectivity index (χ0) is 14.5. The van der Waals surface area contributed by atoms with Gasteiger partial charge >= 0.3 is 0 Å². The number of aromatic nitrogens is 1. The van der Waals surface area contributed by atoms with Crippen molar-refractivity contribution in [1.29, 1.82) is 0 Å². The van der Waals surface area contributed by atoms with Gasteiger partial charge in [0.15, 0.2) is 0 Å². The molecule has 1 amide bonds. The summed E-state index contributed by atoms with van der Waals surface area (Å²) < 4.78 is 0. The third kappa shape index (κ3) is 3.84. The van der Waals surface area contributed by atoms with Crippen LogP contribution < -0.4 is 16.6 Å². The number of amides is 1. The lowest BCUT2D eigenvalue weighted by Gasteiger charge is -2.16. The van der Waals surface area contributed by atoms with Crippen LogP contribution in [0.2, 0.25) is 5.02 Å². The van der Waals surface area contributed by atoms with Crippen LogP contribution in [0.4, 0.5) is 5.82 Å². The summed E-state index contributed by atoms with van der Waals surface area (Å²) in [6.07, 6.45) is 5.56. The molecule has 1 fully saturated rings. The predicted octanol–water partition coefficient (Wildman–Crippen LogP) is 2.72. The molecule has 1 aromatic heterocycles. The minimum atomic E-state index is -0.230. The second kappa shape index (κ2) is 6.90. The summed E-state index contributed by atoms with van der Waals surface area (Å²) in [5.74, 6) is 6.24. The van der Waals surface area contributed by atoms with Crippen molar-refractivity contribution in [2.75, 3.05) is 5.43 Å². The Bertz CT molecular complexity index is 480. The maximum atomic E-state index is 12.3. The van der Waals surface area contributed by atoms with Gasteiger partial charge in [0.2, 0.25) is 0 Å². The molecule has 20 heavy (non-hydrogen) atoms. The Morgan fingerprint density at radius 3 is 2.90 bits per heavy atom. The molecular weight excluding hydrogens is 276 g/mol. The number of nitrogens with zero attached hydrogens (tertiary/aromatic N) is 1. The lowest BCUT2D eigenvalue weighted by atomic mass is 10.0. The van der Waals surface area contributed by atoms with Crippen molar-refractivity contribution in [3.63, 3.8) is 0 Å². The first kappa shape index (κ1) is 15.1. The van der Waals surface area contributed by atoms with Gasteiger partial charge in [0, 0.05) is 6.04 Å². The molecule has 110 valence electrons. The number of carbonyl (C=O) groups excluding carboxylic acids is 1. The molecule has 0 bridgehead atoms. The fourth-order valence-corrected chi connectivity index (χ4v) is 2.76. The number of pyridine rings is 1. The van der Waals surface area contributed by atoms with Gasteiger partial charge in [-0.25, -0.2) is 10.8 Å². The Kier molecular flexibility index (Phi) is 5.20. The van der Waals surface area contributed by atoms with Crippen molar-refractivity contribution in [2.45, 2.75) is 45.1 Å². The Morgan fingerprint density at radius 1 is 1.35 bits per heavy atom. The Labute approximate surface area is 124 Å². The first-order valence-electron chi connectivity index (χ1n) is 7.04. The maximum Gasteiger partial charge on any atom is 0.271 e. The topological polar surface area (TPSA) is 80.0 Å². The number of rotatable bonds is 3. The highest BCUT2D eigenvalue weighted by Crippen LogP contribution is 2.23. The van der Waals surface area contributed by atoms with Crippen molar-refractivity contribution < 1.29 is 4.79 Å². The molecule has 5 nitrogen and oxygen atoms in total. The van der Waals surface area contributed by atoms with Crippen LogP contribution in [0.1, 0.15) is 49.5 Å². The van der Waals surface area contributed by atoms with E-state index in [4.69, 9.17) is 17.4 Å². The van der Waals surface area contributed by atoms with Crippen molar-refractivity contribution in [3.8, 4) is 0 Å². The van der Waals surface area contributed by atoms with E-state index in [-0.39, 0.29) is 17.6 Å². The number of anilines is 1. The van der Waals surface area contributed by atoms with E-state index in [1.807, 2.05) is 0 Å². The first-order chi connectivity index (χ1) is 9.60. The van der Waals surface area contributed by atoms with Gasteiger partial charge in [0.05, 0.1) is 5.02 Å². The number of hydrazine groups is 1. The second-order valence-electron chi connectivity index (χ2n) is 5.46. The van der Waals surface area contributed by atoms with Crippen LogP contribution in [0.15, 0.2) is 12.1 Å². The Balaban J connectivity index is 2.04. The number of halogens is 1. The summed E-state index contributed by atoms with van der Waals surface area (Å²) in [4.78, 5) is 16.4. The zero-order valence-electron chi connectivity index (χ0n) is 11.7. The average molecular weight is 297 g/mol. The predicted molar refractivity (Wildman–Crippen MR) is 80.6 cm³/mol. The van der Waals surface area contributed by atoms with Crippen molar-refractivity contribution in [1.82, 2.24) is 10.3 Å². The van der Waals surface area contributed by atoms with E-state index in [0.29, 0.717) is 10.8 Å². The normalized spacial score (nSPS) is 22.9. The van der Waals surface area contributed by atoms with Crippen molar-refractivity contribution in [2.24, 2.45) is 11.8 Å². The number of hydrogen-bond donors (Lipinski definition) is 3. The molecule has 4 N–H and O–H groups in total. The van der Waals surface area contributed by atoms with Gasteiger partial charge in [-0.1, -0.05) is 31.4 Å². The number of nitrogen functional groups attached to an aromatic ring is 1. The summed E-state index contributed by atoms with van der Waals surface area (Å²) in [6, 6.07) is 3.46. The van der Waals surface area contributed by atoms with E-state index in [9.17, 15) is 4.79 Å².